The van der Waals surface area contributed by atoms with Crippen LogP contribution in [0.1, 0.15) is 50.1 Å². The maximum absolute atomic E-state index is 14.2. The molecule has 0 aliphatic heterocycles. The van der Waals surface area contributed by atoms with Crippen molar-refractivity contribution in [2.45, 2.75) is 44.6 Å². The second-order valence-electron chi connectivity index (χ2n) is 6.24. The zero-order chi connectivity index (χ0) is 14.1. The molecule has 0 saturated heterocycles. The lowest BCUT2D eigenvalue weighted by Crippen LogP contribution is -2.44. The molecule has 1 atom stereocenters. The number of hydrogen-bond donors (Lipinski definition) is 2. The summed E-state index contributed by atoms with van der Waals surface area (Å²) in [6.45, 7) is 0. The molecule has 0 spiro atoms. The molecule has 2 aliphatic carbocycles. The maximum atomic E-state index is 14.2. The smallest absolute Gasteiger partial charge is 0.129 e. The van der Waals surface area contributed by atoms with Gasteiger partial charge in [-0.05, 0) is 29.9 Å². The number of nitrogens with one attached hydrogen (secondary N) is 1. The molecule has 20 heavy (non-hydrogen) atoms. The molecule has 1 unspecified atom stereocenters. The van der Waals surface area contributed by atoms with Gasteiger partial charge in [-0.1, -0.05) is 56.2 Å². The Morgan fingerprint density at radius 2 is 1.75 bits per heavy atom. The van der Waals surface area contributed by atoms with Gasteiger partial charge in [0.1, 0.15) is 5.82 Å². The van der Waals surface area contributed by atoms with Crippen LogP contribution in [0.5, 0.6) is 0 Å². The quantitative estimate of drug-likeness (QED) is 0.631. The van der Waals surface area contributed by atoms with Crippen LogP contribution in [-0.2, 0) is 0 Å². The summed E-state index contributed by atoms with van der Waals surface area (Å²) >= 11 is 6.24. The van der Waals surface area contributed by atoms with E-state index >= 15 is 0 Å². The summed E-state index contributed by atoms with van der Waals surface area (Å²) in [4.78, 5) is 0. The van der Waals surface area contributed by atoms with E-state index in [0.29, 0.717) is 28.3 Å². The molecule has 3 N–H and O–H groups in total. The van der Waals surface area contributed by atoms with Crippen LogP contribution in [0.4, 0.5) is 4.39 Å². The van der Waals surface area contributed by atoms with Gasteiger partial charge in [-0.25, -0.2) is 4.39 Å². The van der Waals surface area contributed by atoms with Crippen molar-refractivity contribution in [1.29, 1.82) is 0 Å². The number of nitrogens with two attached hydrogens (primary N) is 1. The molecule has 0 heterocycles. The van der Waals surface area contributed by atoms with Gasteiger partial charge in [-0.2, -0.15) is 0 Å². The van der Waals surface area contributed by atoms with Crippen LogP contribution in [0.3, 0.4) is 0 Å². The van der Waals surface area contributed by atoms with E-state index in [4.69, 9.17) is 17.4 Å². The van der Waals surface area contributed by atoms with E-state index in [1.807, 2.05) is 0 Å². The van der Waals surface area contributed by atoms with Crippen molar-refractivity contribution < 1.29 is 4.39 Å². The van der Waals surface area contributed by atoms with E-state index in [0.717, 1.165) is 0 Å². The van der Waals surface area contributed by atoms with Gasteiger partial charge in [-0.3, -0.25) is 11.3 Å². The predicted molar refractivity (Wildman–Crippen MR) is 79.6 cm³/mol. The second-order valence-corrected chi connectivity index (χ2v) is 6.65. The molecule has 110 valence electrons. The largest absolute Gasteiger partial charge is 0.271 e. The number of halogens is 2. The van der Waals surface area contributed by atoms with Crippen molar-refractivity contribution in [1.82, 2.24) is 5.43 Å². The Hall–Kier alpha value is -0.640. The molecular formula is C16H22ClFN2. The molecule has 0 radical (unpaired) electrons. The van der Waals surface area contributed by atoms with E-state index in [-0.39, 0.29) is 11.9 Å². The summed E-state index contributed by atoms with van der Waals surface area (Å²) in [6, 6.07) is 4.71. The minimum atomic E-state index is -0.246. The highest BCUT2D eigenvalue weighted by atomic mass is 35.5. The highest BCUT2D eigenvalue weighted by Gasteiger charge is 2.42. The van der Waals surface area contributed by atoms with Gasteiger partial charge >= 0.3 is 0 Å². The molecule has 0 aromatic heterocycles. The fraction of sp³-hybridized carbons (Fsp3) is 0.625. The van der Waals surface area contributed by atoms with E-state index in [1.165, 1.54) is 44.6 Å². The lowest BCUT2D eigenvalue weighted by molar-refractivity contribution is 0.0585. The Balaban J connectivity index is 1.93. The molecule has 2 saturated carbocycles. The topological polar surface area (TPSA) is 38.0 Å². The van der Waals surface area contributed by atoms with E-state index in [2.05, 4.69) is 5.43 Å². The van der Waals surface area contributed by atoms with Crippen LogP contribution in [0, 0.1) is 23.6 Å². The highest BCUT2D eigenvalue weighted by molar-refractivity contribution is 6.31. The number of benzene rings is 1. The van der Waals surface area contributed by atoms with Gasteiger partial charge in [0.05, 0.1) is 6.04 Å². The minimum absolute atomic E-state index is 0.167. The lowest BCUT2D eigenvalue weighted by Gasteiger charge is -2.46. The third-order valence-electron chi connectivity index (χ3n) is 5.26. The van der Waals surface area contributed by atoms with Crippen LogP contribution in [-0.4, -0.2) is 0 Å². The van der Waals surface area contributed by atoms with E-state index in [9.17, 15) is 4.39 Å². The Labute approximate surface area is 124 Å². The summed E-state index contributed by atoms with van der Waals surface area (Å²) in [5.74, 6) is 7.30. The first-order valence-corrected chi connectivity index (χ1v) is 8.00. The zero-order valence-electron chi connectivity index (χ0n) is 11.6. The number of hydrogen-bond acceptors (Lipinski definition) is 2. The van der Waals surface area contributed by atoms with Crippen molar-refractivity contribution >= 4 is 11.6 Å². The Bertz CT molecular complexity index is 437. The van der Waals surface area contributed by atoms with E-state index < -0.39 is 0 Å². The first-order chi connectivity index (χ1) is 9.72. The third-order valence-corrected chi connectivity index (χ3v) is 5.59. The standard InChI is InChI=1S/C16H22ClFN2/c17-12-8-3-9-13(18)15(12)16(20-19)14(10-4-1-5-10)11-6-2-7-11/h3,8-11,14,16,20H,1-2,4-7,19H2. The lowest BCUT2D eigenvalue weighted by atomic mass is 9.61. The van der Waals surface area contributed by atoms with Crippen molar-refractivity contribution in [3.8, 4) is 0 Å². The van der Waals surface area contributed by atoms with Crippen molar-refractivity contribution in [2.75, 3.05) is 0 Å². The monoisotopic (exact) mass is 296 g/mol. The Morgan fingerprint density at radius 1 is 1.15 bits per heavy atom. The minimum Gasteiger partial charge on any atom is -0.271 e. The summed E-state index contributed by atoms with van der Waals surface area (Å²) in [7, 11) is 0. The molecular weight excluding hydrogens is 275 g/mol. The van der Waals surface area contributed by atoms with Crippen LogP contribution in [0.2, 0.25) is 5.02 Å². The van der Waals surface area contributed by atoms with Gasteiger partial charge < -0.3 is 0 Å². The van der Waals surface area contributed by atoms with Gasteiger partial charge in [0.2, 0.25) is 0 Å². The third kappa shape index (κ3) is 2.47. The number of hydrazine groups is 1. The fourth-order valence-corrected chi connectivity index (χ4v) is 4.05. The van der Waals surface area contributed by atoms with E-state index in [1.54, 1.807) is 12.1 Å². The van der Waals surface area contributed by atoms with Crippen molar-refractivity contribution in [3.05, 3.63) is 34.6 Å². The Morgan fingerprint density at radius 3 is 2.15 bits per heavy atom. The van der Waals surface area contributed by atoms with Crippen molar-refractivity contribution in [3.63, 3.8) is 0 Å². The molecule has 0 bridgehead atoms. The normalized spacial score (nSPS) is 21.6. The SMILES string of the molecule is NNC(c1c(F)cccc1Cl)C(C1CCC1)C1CCC1. The first-order valence-electron chi connectivity index (χ1n) is 7.62. The molecule has 2 aliphatic rings. The Kier molecular flexibility index (Phi) is 4.29. The molecule has 4 heteroatoms. The van der Waals surface area contributed by atoms with Crippen LogP contribution >= 0.6 is 11.6 Å². The average Bonchev–Trinajstić information content (AvgIpc) is 2.29. The molecule has 1 aromatic carbocycles. The summed E-state index contributed by atoms with van der Waals surface area (Å²) in [6.07, 6.45) is 7.54. The molecule has 2 fully saturated rings. The maximum Gasteiger partial charge on any atom is 0.129 e. The van der Waals surface area contributed by atoms with Crippen LogP contribution in [0.25, 0.3) is 0 Å². The summed E-state index contributed by atoms with van der Waals surface area (Å²) < 4.78 is 14.2. The number of rotatable bonds is 5. The van der Waals surface area contributed by atoms with Crippen LogP contribution < -0.4 is 11.3 Å². The summed E-state index contributed by atoms with van der Waals surface area (Å²) in [5.41, 5.74) is 3.43. The van der Waals surface area contributed by atoms with Crippen molar-refractivity contribution in [2.24, 2.45) is 23.6 Å². The second kappa shape index (κ2) is 6.00. The van der Waals surface area contributed by atoms with Gasteiger partial charge in [-0.15, -0.1) is 0 Å². The average molecular weight is 297 g/mol. The molecule has 0 amide bonds. The fourth-order valence-electron chi connectivity index (χ4n) is 3.77. The molecule has 1 aromatic rings. The molecule has 3 rings (SSSR count). The van der Waals surface area contributed by atoms with Gasteiger partial charge in [0.15, 0.2) is 0 Å². The zero-order valence-corrected chi connectivity index (χ0v) is 12.4. The molecule has 2 nitrogen and oxygen atoms in total. The van der Waals surface area contributed by atoms with Gasteiger partial charge in [0.25, 0.3) is 0 Å². The first kappa shape index (κ1) is 14.3. The highest BCUT2D eigenvalue weighted by Crippen LogP contribution is 2.50. The predicted octanol–water partition coefficient (Wildman–Crippen LogP) is 4.20. The summed E-state index contributed by atoms with van der Waals surface area (Å²) in [5, 5.41) is 0.483. The van der Waals surface area contributed by atoms with Gasteiger partial charge in [0, 0.05) is 10.6 Å². The van der Waals surface area contributed by atoms with Crippen LogP contribution in [0.15, 0.2) is 18.2 Å².